The number of primary amides is 3. The van der Waals surface area contributed by atoms with Gasteiger partial charge in [0.15, 0.2) is 5.96 Å². The number of nitrogens with two attached hydrogens (primary N) is 7. The summed E-state index contributed by atoms with van der Waals surface area (Å²) in [5, 5.41) is 21.1. The van der Waals surface area contributed by atoms with E-state index in [9.17, 15) is 62.3 Å². The highest BCUT2D eigenvalue weighted by atomic mass is 32.2. The van der Waals surface area contributed by atoms with Crippen molar-refractivity contribution in [3.8, 4) is 0 Å². The van der Waals surface area contributed by atoms with Gasteiger partial charge in [-0.1, -0.05) is 74.5 Å². The minimum Gasteiger partial charge on any atom is -0.370 e. The number of nitrogens with zero attached hydrogens (tertiary/aromatic N) is 3. The number of thioether (sulfide) groups is 1. The first-order chi connectivity index (χ1) is 45.2. The van der Waals surface area contributed by atoms with E-state index in [1.165, 1.54) is 21.6 Å². The fourth-order valence-electron chi connectivity index (χ4n) is 11.0. The van der Waals surface area contributed by atoms with E-state index in [2.05, 4.69) is 47.5 Å². The van der Waals surface area contributed by atoms with Crippen LogP contribution in [0.2, 0.25) is 0 Å². The van der Waals surface area contributed by atoms with Crippen molar-refractivity contribution in [1.82, 2.24) is 52.3 Å². The lowest BCUT2D eigenvalue weighted by atomic mass is 10.0. The highest BCUT2D eigenvalue weighted by molar-refractivity contribution is 7.98. The summed E-state index contributed by atoms with van der Waals surface area (Å²) in [5.41, 5.74) is 40.6. The first kappa shape index (κ1) is 78.5. The van der Waals surface area contributed by atoms with E-state index in [0.29, 0.717) is 55.4 Å². The first-order valence-electron chi connectivity index (χ1n) is 32.2. The van der Waals surface area contributed by atoms with Crippen molar-refractivity contribution < 1.29 is 62.3 Å². The minimum absolute atomic E-state index is 0.0736. The average molecular weight is 1350 g/mol. The normalized spacial score (nSPS) is 16.8. The number of guanidine groups is 1. The first-order valence-corrected chi connectivity index (χ1v) is 33.6. The Morgan fingerprint density at radius 2 is 1.01 bits per heavy atom. The van der Waals surface area contributed by atoms with Crippen molar-refractivity contribution >= 4 is 94.5 Å². The molecule has 10 atom stereocenters. The number of aliphatic imine (C=N–C) groups is 1. The summed E-state index contributed by atoms with van der Waals surface area (Å²) < 4.78 is 0. The molecule has 13 amide bonds. The molecule has 0 radical (unpaired) electrons. The molecule has 2 aliphatic rings. The van der Waals surface area contributed by atoms with Crippen molar-refractivity contribution in [1.29, 1.82) is 0 Å². The number of hydrogen-bond donors (Lipinski definition) is 15. The smallest absolute Gasteiger partial charge is 0.245 e. The zero-order chi connectivity index (χ0) is 70.1. The van der Waals surface area contributed by atoms with Crippen LogP contribution in [0.15, 0.2) is 65.7 Å². The van der Waals surface area contributed by atoms with Crippen LogP contribution in [0.4, 0.5) is 0 Å². The van der Waals surface area contributed by atoms with Gasteiger partial charge < -0.3 is 92.5 Å². The molecule has 0 saturated carbocycles. The molecule has 0 bridgehead atoms. The monoisotopic (exact) mass is 1350 g/mol. The van der Waals surface area contributed by atoms with Gasteiger partial charge in [-0.3, -0.25) is 67.3 Å². The number of benzene rings is 2. The Labute approximate surface area is 558 Å². The molecule has 31 nitrogen and oxygen atoms in total. The molecule has 32 heteroatoms. The van der Waals surface area contributed by atoms with Crippen LogP contribution in [0.5, 0.6) is 0 Å². The second-order valence-corrected chi connectivity index (χ2v) is 25.1. The molecule has 4 rings (SSSR count). The minimum atomic E-state index is -1.64. The Morgan fingerprint density at radius 3 is 1.51 bits per heavy atom. The number of likely N-dealkylation sites (tertiary alicyclic amines) is 2. The summed E-state index contributed by atoms with van der Waals surface area (Å²) in [6.45, 7) is 3.86. The topological polar surface area (TPSA) is 519 Å². The maximum Gasteiger partial charge on any atom is 0.245 e. The highest BCUT2D eigenvalue weighted by Gasteiger charge is 2.42. The van der Waals surface area contributed by atoms with Crippen LogP contribution >= 0.6 is 11.8 Å². The van der Waals surface area contributed by atoms with E-state index < -0.39 is 169 Å². The molecule has 95 heavy (non-hydrogen) atoms. The Bertz CT molecular complexity index is 2960. The van der Waals surface area contributed by atoms with Crippen molar-refractivity contribution in [3.63, 3.8) is 0 Å². The van der Waals surface area contributed by atoms with Crippen molar-refractivity contribution in [2.24, 2.45) is 51.0 Å². The molecule has 2 aromatic rings. The van der Waals surface area contributed by atoms with E-state index >= 15 is 0 Å². The fourth-order valence-corrected chi connectivity index (χ4v) is 11.5. The lowest BCUT2D eigenvalue weighted by Gasteiger charge is -2.32. The summed E-state index contributed by atoms with van der Waals surface area (Å²) in [5.74, 6) is -9.80. The molecular weight excluding hydrogens is 1250 g/mol. The molecule has 2 aliphatic heterocycles. The molecule has 2 aromatic carbocycles. The number of unbranched alkanes of at least 4 members (excludes halogenated alkanes) is 1. The molecule has 2 saturated heterocycles. The van der Waals surface area contributed by atoms with Crippen molar-refractivity contribution in [2.75, 3.05) is 44.7 Å². The van der Waals surface area contributed by atoms with Crippen LogP contribution in [-0.2, 0) is 75.2 Å². The second kappa shape index (κ2) is 41.0. The number of rotatable bonds is 42. The highest BCUT2D eigenvalue weighted by Crippen LogP contribution is 2.24. The number of nitrogens with one attached hydrogen (secondary N) is 8. The van der Waals surface area contributed by atoms with Crippen molar-refractivity contribution in [3.05, 3.63) is 71.8 Å². The number of carbonyl (C=O) groups is 13. The van der Waals surface area contributed by atoms with Gasteiger partial charge in [0, 0.05) is 45.3 Å². The van der Waals surface area contributed by atoms with Gasteiger partial charge in [0.25, 0.3) is 0 Å². The molecule has 524 valence electrons. The summed E-state index contributed by atoms with van der Waals surface area (Å²) in [4.78, 5) is 185. The molecule has 0 spiro atoms. The van der Waals surface area contributed by atoms with E-state index in [1.807, 2.05) is 20.1 Å². The van der Waals surface area contributed by atoms with Crippen LogP contribution in [0.1, 0.15) is 121 Å². The van der Waals surface area contributed by atoms with Crippen LogP contribution < -0.4 is 82.7 Å². The van der Waals surface area contributed by atoms with Gasteiger partial charge in [0.05, 0.1) is 12.6 Å². The summed E-state index contributed by atoms with van der Waals surface area (Å²) in [7, 11) is 0. The van der Waals surface area contributed by atoms with Gasteiger partial charge in [-0.2, -0.15) is 11.8 Å². The number of hydrogen-bond acceptors (Lipinski definition) is 17. The zero-order valence-corrected chi connectivity index (χ0v) is 55.3. The van der Waals surface area contributed by atoms with Gasteiger partial charge in [0.1, 0.15) is 54.4 Å². The van der Waals surface area contributed by atoms with Crippen LogP contribution in [0, 0.1) is 5.92 Å². The Kier molecular flexibility index (Phi) is 33.9. The lowest BCUT2D eigenvalue weighted by molar-refractivity contribution is -0.144. The second-order valence-electron chi connectivity index (χ2n) is 24.1. The largest absolute Gasteiger partial charge is 0.370 e. The van der Waals surface area contributed by atoms with Crippen LogP contribution in [0.3, 0.4) is 0 Å². The van der Waals surface area contributed by atoms with E-state index in [1.54, 1.807) is 60.7 Å². The van der Waals surface area contributed by atoms with E-state index in [0.717, 1.165) is 0 Å². The molecule has 0 aromatic heterocycles. The van der Waals surface area contributed by atoms with Gasteiger partial charge in [-0.25, -0.2) is 0 Å². The third-order valence-electron chi connectivity index (χ3n) is 16.0. The summed E-state index contributed by atoms with van der Waals surface area (Å²) in [6.07, 6.45) is 3.12. The lowest BCUT2D eigenvalue weighted by Crippen LogP contribution is -2.60. The molecule has 2 heterocycles. The van der Waals surface area contributed by atoms with Gasteiger partial charge in [-0.15, -0.1) is 0 Å². The molecule has 0 aliphatic carbocycles. The molecule has 0 unspecified atom stereocenters. The van der Waals surface area contributed by atoms with Gasteiger partial charge in [-0.05, 0) is 119 Å². The third-order valence-corrected chi connectivity index (χ3v) is 16.7. The number of carbonyl (C=O) groups excluding carboxylic acids is 13. The van der Waals surface area contributed by atoms with Crippen LogP contribution in [-0.4, -0.2) is 198 Å². The quantitative estimate of drug-likeness (QED) is 0.0173. The Balaban J connectivity index is 1.56. The van der Waals surface area contributed by atoms with Crippen molar-refractivity contribution in [2.45, 2.75) is 183 Å². The SMILES string of the molecule is CSCC[C@H](NC(=O)[C@H](CC(C)C)NC(=O)CNC(=O)[C@@H](Cc1ccccc1)NC(=O)[C@@H](Cc1ccccc1)NC(=O)[C@H](CCC(N)=O)NC(=O)[C@@H](CCC(N)=O)NC(=O)[C@@H]1CCCN1C(=O)[C@@H](CCCCN)NC(=O)[C@@H]1CCCN1C(=O)[C@@H](N)CCCN=C(N)N)C(N)=O. The molecular formula is C63H98N18O13S. The Hall–Kier alpha value is -8.91. The maximum atomic E-state index is 14.7. The fraction of sp³-hybridized carbons (Fsp3) is 0.587. The summed E-state index contributed by atoms with van der Waals surface area (Å²) >= 11 is 1.45. The van der Waals surface area contributed by atoms with E-state index in [4.69, 9.17) is 40.1 Å². The van der Waals surface area contributed by atoms with E-state index in [-0.39, 0.29) is 83.0 Å². The van der Waals surface area contributed by atoms with Crippen LogP contribution in [0.25, 0.3) is 0 Å². The maximum absolute atomic E-state index is 14.7. The Morgan fingerprint density at radius 1 is 0.537 bits per heavy atom. The zero-order valence-electron chi connectivity index (χ0n) is 54.5. The summed E-state index contributed by atoms with van der Waals surface area (Å²) in [6, 6.07) is 4.51. The van der Waals surface area contributed by atoms with Gasteiger partial charge in [0.2, 0.25) is 76.8 Å². The standard InChI is InChI=1S/C63H98N18O13S/c1-37(2)33-45(57(89)74-41(53(68)85)27-32-95-3)73-52(84)36-72-54(86)46(34-38-15-6-4-7-16-38)78-58(90)47(35-39-17-8-5-9-18-39)79-56(88)42(23-25-50(66)82)75-55(87)43(24-26-51(67)83)76-59(91)49-22-14-31-81(49)62(94)44(20-10-11-28-64)77-60(92)48-21-13-30-80(48)61(93)40(65)19-12-29-71-63(69)70/h4-9,15-18,37,40-49H,10-14,19-36,64-65H2,1-3H3,(H2,66,82)(H2,67,83)(H2,68,85)(H,72,86)(H,73,84)(H,74,89)(H,75,87)(H,76,91)(H,77,92)(H,78,90)(H,79,88)(H4,69,70,71)/t40-,41-,42-,43+,44+,45-,46+,47+,48-,49-/m0/s1. The third kappa shape index (κ3) is 27.5. The predicted octanol–water partition coefficient (Wildman–Crippen LogP) is -3.71. The number of amides is 13. The average Bonchev–Trinajstić information content (AvgIpc) is 1.74. The van der Waals surface area contributed by atoms with Gasteiger partial charge >= 0.3 is 0 Å². The molecule has 2 fully saturated rings. The predicted molar refractivity (Wildman–Crippen MR) is 356 cm³/mol. The molecule has 22 N–H and O–H groups in total.